The lowest BCUT2D eigenvalue weighted by molar-refractivity contribution is 0.0724. The summed E-state index contributed by atoms with van der Waals surface area (Å²) in [5, 5.41) is 5.56. The standard InChI is InChI=1S/C23H18FN3O5S/c1-27(22-17-10-4-6-13-20(17)33(29,30)26-22)25-14-15-8-7-12-19(31-2)21(15)32-23(28)16-9-3-5-11-18(16)24/h3-14H,1-2H3/b25-14-. The number of benzene rings is 3. The van der Waals surface area contributed by atoms with E-state index >= 15 is 0 Å². The van der Waals surface area contributed by atoms with Gasteiger partial charge in [0, 0.05) is 18.2 Å². The van der Waals surface area contributed by atoms with Gasteiger partial charge in [0.05, 0.1) is 18.9 Å². The second-order valence-corrected chi connectivity index (χ2v) is 8.47. The number of sulfonamides is 1. The lowest BCUT2D eigenvalue weighted by Crippen LogP contribution is -2.21. The van der Waals surface area contributed by atoms with Gasteiger partial charge in [-0.2, -0.15) is 13.5 Å². The van der Waals surface area contributed by atoms with E-state index in [0.717, 1.165) is 6.07 Å². The molecule has 0 radical (unpaired) electrons. The van der Waals surface area contributed by atoms with Crippen LogP contribution < -0.4 is 9.47 Å². The minimum atomic E-state index is -3.80. The van der Waals surface area contributed by atoms with Gasteiger partial charge in [0.25, 0.3) is 10.0 Å². The van der Waals surface area contributed by atoms with Gasteiger partial charge in [-0.3, -0.25) is 0 Å². The average Bonchev–Trinajstić information content (AvgIpc) is 3.09. The number of carbonyl (C=O) groups is 1. The van der Waals surface area contributed by atoms with E-state index in [9.17, 15) is 17.6 Å². The molecule has 0 aliphatic carbocycles. The molecular formula is C23H18FN3O5S. The fourth-order valence-corrected chi connectivity index (χ4v) is 4.43. The van der Waals surface area contributed by atoms with Crippen molar-refractivity contribution in [2.75, 3.05) is 14.2 Å². The van der Waals surface area contributed by atoms with Crippen molar-refractivity contribution in [3.63, 3.8) is 0 Å². The first kappa shape index (κ1) is 22.2. The van der Waals surface area contributed by atoms with Crippen LogP contribution in [0.5, 0.6) is 11.5 Å². The topological polar surface area (TPSA) is 97.6 Å². The molecule has 0 saturated heterocycles. The summed E-state index contributed by atoms with van der Waals surface area (Å²) in [6.07, 6.45) is 1.36. The summed E-state index contributed by atoms with van der Waals surface area (Å²) in [5.41, 5.74) is 0.542. The fraction of sp³-hybridized carbons (Fsp3) is 0.0870. The zero-order valence-electron chi connectivity index (χ0n) is 17.6. The van der Waals surface area contributed by atoms with Crippen LogP contribution >= 0.6 is 0 Å². The summed E-state index contributed by atoms with van der Waals surface area (Å²) in [6.45, 7) is 0. The van der Waals surface area contributed by atoms with E-state index in [-0.39, 0.29) is 27.8 Å². The Bertz CT molecular complexity index is 1400. The van der Waals surface area contributed by atoms with Crippen LogP contribution in [0.3, 0.4) is 0 Å². The molecule has 0 N–H and O–H groups in total. The zero-order chi connectivity index (χ0) is 23.6. The second-order valence-electron chi connectivity index (χ2n) is 6.90. The van der Waals surface area contributed by atoms with Crippen LogP contribution in [0.25, 0.3) is 0 Å². The number of hydrogen-bond donors (Lipinski definition) is 0. The SMILES string of the molecule is COc1cccc(/C=N\N(C)C2=NS(=O)(=O)c3ccccc32)c1OC(=O)c1ccccc1F. The van der Waals surface area contributed by atoms with Gasteiger partial charge in [-0.25, -0.2) is 14.2 Å². The number of ether oxygens (including phenoxy) is 2. The molecule has 8 nitrogen and oxygen atoms in total. The van der Waals surface area contributed by atoms with Crippen molar-refractivity contribution >= 4 is 28.0 Å². The van der Waals surface area contributed by atoms with Crippen LogP contribution in [-0.4, -0.2) is 45.6 Å². The van der Waals surface area contributed by atoms with E-state index < -0.39 is 21.8 Å². The van der Waals surface area contributed by atoms with Gasteiger partial charge >= 0.3 is 5.97 Å². The van der Waals surface area contributed by atoms with E-state index in [1.807, 2.05) is 0 Å². The van der Waals surface area contributed by atoms with E-state index in [1.165, 1.54) is 49.6 Å². The summed E-state index contributed by atoms with van der Waals surface area (Å²) in [4.78, 5) is 12.7. The Kier molecular flexibility index (Phi) is 5.93. The second kappa shape index (κ2) is 8.83. The first-order valence-electron chi connectivity index (χ1n) is 9.67. The maximum atomic E-state index is 14.0. The molecule has 0 spiro atoms. The van der Waals surface area contributed by atoms with E-state index in [0.29, 0.717) is 11.1 Å². The van der Waals surface area contributed by atoms with Crippen molar-refractivity contribution < 1.29 is 27.1 Å². The third-order valence-corrected chi connectivity index (χ3v) is 6.13. The highest BCUT2D eigenvalue weighted by Gasteiger charge is 2.30. The summed E-state index contributed by atoms with van der Waals surface area (Å²) >= 11 is 0. The van der Waals surface area contributed by atoms with E-state index in [1.54, 1.807) is 36.4 Å². The van der Waals surface area contributed by atoms with Crippen molar-refractivity contribution in [3.8, 4) is 11.5 Å². The van der Waals surface area contributed by atoms with Crippen molar-refractivity contribution in [3.05, 3.63) is 89.2 Å². The van der Waals surface area contributed by atoms with Crippen LogP contribution in [-0.2, 0) is 10.0 Å². The highest BCUT2D eigenvalue weighted by Crippen LogP contribution is 2.32. The number of fused-ring (bicyclic) bond motifs is 1. The summed E-state index contributed by atoms with van der Waals surface area (Å²) in [7, 11) is -0.864. The number of nitrogens with zero attached hydrogens (tertiary/aromatic N) is 3. The molecule has 4 rings (SSSR count). The Morgan fingerprint density at radius 2 is 1.79 bits per heavy atom. The Morgan fingerprint density at radius 1 is 1.06 bits per heavy atom. The lowest BCUT2D eigenvalue weighted by Gasteiger charge is -2.14. The van der Waals surface area contributed by atoms with Crippen LogP contribution in [0.4, 0.5) is 4.39 Å². The highest BCUT2D eigenvalue weighted by molar-refractivity contribution is 7.90. The normalized spacial score (nSPS) is 14.0. The third-order valence-electron chi connectivity index (χ3n) is 4.81. The summed E-state index contributed by atoms with van der Waals surface area (Å²) in [5.74, 6) is -1.20. The van der Waals surface area contributed by atoms with Gasteiger partial charge < -0.3 is 9.47 Å². The number of rotatable bonds is 5. The molecule has 1 aliphatic rings. The lowest BCUT2D eigenvalue weighted by atomic mass is 10.2. The molecule has 0 atom stereocenters. The monoisotopic (exact) mass is 467 g/mol. The van der Waals surface area contributed by atoms with Gasteiger partial charge in [0.15, 0.2) is 17.3 Å². The number of hydrazone groups is 1. The molecule has 1 aliphatic heterocycles. The molecule has 33 heavy (non-hydrogen) atoms. The van der Waals surface area contributed by atoms with E-state index in [2.05, 4.69) is 9.50 Å². The molecular weight excluding hydrogens is 449 g/mol. The molecule has 0 bridgehead atoms. The molecule has 0 amide bonds. The van der Waals surface area contributed by atoms with Crippen molar-refractivity contribution in [2.45, 2.75) is 4.90 Å². The molecule has 10 heteroatoms. The quantitative estimate of drug-likeness (QED) is 0.247. The van der Waals surface area contributed by atoms with Gasteiger partial charge in [0.2, 0.25) is 0 Å². The van der Waals surface area contributed by atoms with Crippen LogP contribution in [0.1, 0.15) is 21.5 Å². The summed E-state index contributed by atoms with van der Waals surface area (Å²) < 4.78 is 53.1. The molecule has 3 aromatic carbocycles. The number of carbonyl (C=O) groups excluding carboxylic acids is 1. The van der Waals surface area contributed by atoms with Gasteiger partial charge in [-0.1, -0.05) is 30.3 Å². The van der Waals surface area contributed by atoms with Crippen molar-refractivity contribution in [1.82, 2.24) is 5.01 Å². The fourth-order valence-electron chi connectivity index (χ4n) is 3.20. The minimum absolute atomic E-state index is 0.0341. The largest absolute Gasteiger partial charge is 0.493 e. The van der Waals surface area contributed by atoms with Gasteiger partial charge in [-0.05, 0) is 36.4 Å². The molecule has 1 heterocycles. The van der Waals surface area contributed by atoms with Crippen LogP contribution in [0, 0.1) is 5.82 Å². The predicted octanol–water partition coefficient (Wildman–Crippen LogP) is 3.47. The number of esters is 1. The zero-order valence-corrected chi connectivity index (χ0v) is 18.4. The molecule has 0 aromatic heterocycles. The maximum absolute atomic E-state index is 14.0. The average molecular weight is 467 g/mol. The Morgan fingerprint density at radius 3 is 2.55 bits per heavy atom. The summed E-state index contributed by atoms with van der Waals surface area (Å²) in [6, 6.07) is 16.7. The number of para-hydroxylation sites is 1. The van der Waals surface area contributed by atoms with Gasteiger partial charge in [0.1, 0.15) is 10.7 Å². The van der Waals surface area contributed by atoms with Crippen LogP contribution in [0.15, 0.2) is 81.1 Å². The molecule has 0 fully saturated rings. The smallest absolute Gasteiger partial charge is 0.346 e. The number of amidine groups is 1. The number of halogens is 1. The predicted molar refractivity (Wildman–Crippen MR) is 120 cm³/mol. The Hall–Kier alpha value is -4.05. The first-order valence-corrected chi connectivity index (χ1v) is 11.1. The third kappa shape index (κ3) is 4.33. The minimum Gasteiger partial charge on any atom is -0.493 e. The van der Waals surface area contributed by atoms with Crippen molar-refractivity contribution in [2.24, 2.45) is 9.50 Å². The first-order chi connectivity index (χ1) is 15.8. The highest BCUT2D eigenvalue weighted by atomic mass is 32.2. The molecule has 168 valence electrons. The number of methoxy groups -OCH3 is 1. The molecule has 3 aromatic rings. The maximum Gasteiger partial charge on any atom is 0.346 e. The Labute approximate surface area is 189 Å². The molecule has 0 saturated carbocycles. The van der Waals surface area contributed by atoms with Crippen molar-refractivity contribution in [1.29, 1.82) is 0 Å². The van der Waals surface area contributed by atoms with Crippen LogP contribution in [0.2, 0.25) is 0 Å². The Balaban J connectivity index is 1.65. The molecule has 0 unspecified atom stereocenters. The van der Waals surface area contributed by atoms with Gasteiger partial charge in [-0.15, -0.1) is 4.40 Å². The number of hydrogen-bond acceptors (Lipinski definition) is 7. The van der Waals surface area contributed by atoms with E-state index in [4.69, 9.17) is 9.47 Å².